The lowest BCUT2D eigenvalue weighted by molar-refractivity contribution is -0.127. The summed E-state index contributed by atoms with van der Waals surface area (Å²) in [5, 5.41) is 11.7. The molecule has 0 aliphatic heterocycles. The van der Waals surface area contributed by atoms with E-state index in [2.05, 4.69) is 5.32 Å². The van der Waals surface area contributed by atoms with E-state index in [1.807, 2.05) is 20.8 Å². The molecule has 0 heterocycles. The van der Waals surface area contributed by atoms with Crippen molar-refractivity contribution in [1.29, 1.82) is 0 Å². The van der Waals surface area contributed by atoms with E-state index in [1.54, 1.807) is 0 Å². The SMILES string of the molecule is CCCNC(=O)C(CO)C(C)C. The van der Waals surface area contributed by atoms with Gasteiger partial charge in [0, 0.05) is 6.54 Å². The summed E-state index contributed by atoms with van der Waals surface area (Å²) in [4.78, 5) is 11.3. The smallest absolute Gasteiger partial charge is 0.225 e. The predicted molar refractivity (Wildman–Crippen MR) is 48.7 cm³/mol. The molecule has 1 unspecified atom stereocenters. The molecule has 0 radical (unpaired) electrons. The fraction of sp³-hybridized carbons (Fsp3) is 0.889. The fourth-order valence-electron chi connectivity index (χ4n) is 0.976. The van der Waals surface area contributed by atoms with E-state index >= 15 is 0 Å². The van der Waals surface area contributed by atoms with Crippen molar-refractivity contribution < 1.29 is 9.90 Å². The van der Waals surface area contributed by atoms with Gasteiger partial charge >= 0.3 is 0 Å². The van der Waals surface area contributed by atoms with Gasteiger partial charge in [-0.1, -0.05) is 20.8 Å². The first-order valence-corrected chi connectivity index (χ1v) is 4.52. The van der Waals surface area contributed by atoms with Gasteiger partial charge in [-0.2, -0.15) is 0 Å². The molecule has 0 aromatic heterocycles. The van der Waals surface area contributed by atoms with Crippen molar-refractivity contribution in [2.45, 2.75) is 27.2 Å². The molecule has 12 heavy (non-hydrogen) atoms. The molecule has 1 atom stereocenters. The van der Waals surface area contributed by atoms with E-state index in [-0.39, 0.29) is 24.3 Å². The van der Waals surface area contributed by atoms with Crippen LogP contribution in [0.2, 0.25) is 0 Å². The standard InChI is InChI=1S/C9H19NO2/c1-4-5-10-9(12)8(6-11)7(2)3/h7-8,11H,4-6H2,1-3H3,(H,10,12). The van der Waals surface area contributed by atoms with Gasteiger partial charge in [-0.15, -0.1) is 0 Å². The van der Waals surface area contributed by atoms with Crippen LogP contribution in [0, 0.1) is 11.8 Å². The molecule has 0 aliphatic carbocycles. The van der Waals surface area contributed by atoms with Crippen LogP contribution < -0.4 is 5.32 Å². The summed E-state index contributed by atoms with van der Waals surface area (Å²) >= 11 is 0. The lowest BCUT2D eigenvalue weighted by Gasteiger charge is -2.17. The van der Waals surface area contributed by atoms with E-state index < -0.39 is 0 Å². The third kappa shape index (κ3) is 3.72. The number of nitrogens with one attached hydrogen (secondary N) is 1. The maximum atomic E-state index is 11.3. The van der Waals surface area contributed by atoms with Crippen molar-refractivity contribution in [3.8, 4) is 0 Å². The van der Waals surface area contributed by atoms with Crippen molar-refractivity contribution in [2.24, 2.45) is 11.8 Å². The summed E-state index contributed by atoms with van der Waals surface area (Å²) in [6, 6.07) is 0. The molecule has 1 amide bonds. The van der Waals surface area contributed by atoms with E-state index in [0.717, 1.165) is 6.42 Å². The Morgan fingerprint density at radius 1 is 1.50 bits per heavy atom. The van der Waals surface area contributed by atoms with Gasteiger partial charge in [-0.25, -0.2) is 0 Å². The molecule has 3 nitrogen and oxygen atoms in total. The van der Waals surface area contributed by atoms with Crippen LogP contribution in [0.4, 0.5) is 0 Å². The van der Waals surface area contributed by atoms with Gasteiger partial charge in [0.1, 0.15) is 0 Å². The molecule has 0 spiro atoms. The second-order valence-electron chi connectivity index (χ2n) is 3.32. The van der Waals surface area contributed by atoms with E-state index in [4.69, 9.17) is 5.11 Å². The van der Waals surface area contributed by atoms with Crippen LogP contribution in [0.1, 0.15) is 27.2 Å². The first-order valence-electron chi connectivity index (χ1n) is 4.52. The van der Waals surface area contributed by atoms with E-state index in [0.29, 0.717) is 6.54 Å². The molecule has 72 valence electrons. The Balaban J connectivity index is 3.86. The van der Waals surface area contributed by atoms with Crippen LogP contribution in [0.3, 0.4) is 0 Å². The highest BCUT2D eigenvalue weighted by Crippen LogP contribution is 2.09. The second kappa shape index (κ2) is 6.00. The monoisotopic (exact) mass is 173 g/mol. The minimum Gasteiger partial charge on any atom is -0.396 e. The summed E-state index contributed by atoms with van der Waals surface area (Å²) in [5.74, 6) is -0.0854. The summed E-state index contributed by atoms with van der Waals surface area (Å²) in [6.07, 6.45) is 0.933. The van der Waals surface area contributed by atoms with Gasteiger partial charge in [0.05, 0.1) is 12.5 Å². The highest BCUT2D eigenvalue weighted by Gasteiger charge is 2.19. The minimum atomic E-state index is -0.253. The van der Waals surface area contributed by atoms with Crippen molar-refractivity contribution in [3.05, 3.63) is 0 Å². The van der Waals surface area contributed by atoms with Crippen LogP contribution in [-0.2, 0) is 4.79 Å². The summed E-state index contributed by atoms with van der Waals surface area (Å²) in [7, 11) is 0. The number of aliphatic hydroxyl groups excluding tert-OH is 1. The van der Waals surface area contributed by atoms with Gasteiger partial charge in [0.15, 0.2) is 0 Å². The topological polar surface area (TPSA) is 49.3 Å². The molecular formula is C9H19NO2. The van der Waals surface area contributed by atoms with Crippen molar-refractivity contribution >= 4 is 5.91 Å². The second-order valence-corrected chi connectivity index (χ2v) is 3.32. The minimum absolute atomic E-state index is 0.0330. The van der Waals surface area contributed by atoms with Crippen LogP contribution in [0.5, 0.6) is 0 Å². The highest BCUT2D eigenvalue weighted by molar-refractivity contribution is 5.78. The van der Waals surface area contributed by atoms with Crippen molar-refractivity contribution in [1.82, 2.24) is 5.32 Å². The molecular weight excluding hydrogens is 154 g/mol. The third-order valence-corrected chi connectivity index (χ3v) is 1.89. The molecule has 0 aromatic carbocycles. The quantitative estimate of drug-likeness (QED) is 0.645. The number of hydrogen-bond acceptors (Lipinski definition) is 2. The van der Waals surface area contributed by atoms with Crippen LogP contribution >= 0.6 is 0 Å². The molecule has 0 fully saturated rings. The number of rotatable bonds is 5. The maximum Gasteiger partial charge on any atom is 0.225 e. The van der Waals surface area contributed by atoms with Crippen molar-refractivity contribution in [3.63, 3.8) is 0 Å². The molecule has 0 aliphatic rings. The van der Waals surface area contributed by atoms with Gasteiger partial charge in [0.25, 0.3) is 0 Å². The Kier molecular flexibility index (Phi) is 5.72. The van der Waals surface area contributed by atoms with Gasteiger partial charge in [-0.05, 0) is 12.3 Å². The van der Waals surface area contributed by atoms with Crippen LogP contribution in [-0.4, -0.2) is 24.2 Å². The Morgan fingerprint density at radius 2 is 2.08 bits per heavy atom. The number of carbonyl (C=O) groups excluding carboxylic acids is 1. The van der Waals surface area contributed by atoms with Gasteiger partial charge < -0.3 is 10.4 Å². The molecule has 0 aromatic rings. The normalized spacial score (nSPS) is 13.1. The fourth-order valence-corrected chi connectivity index (χ4v) is 0.976. The average molecular weight is 173 g/mol. The Labute approximate surface area is 74.2 Å². The molecule has 2 N–H and O–H groups in total. The molecule has 0 rings (SSSR count). The van der Waals surface area contributed by atoms with Gasteiger partial charge in [0.2, 0.25) is 5.91 Å². The zero-order chi connectivity index (χ0) is 9.56. The Bertz CT molecular complexity index is 134. The lowest BCUT2D eigenvalue weighted by Crippen LogP contribution is -2.35. The highest BCUT2D eigenvalue weighted by atomic mass is 16.3. The summed E-state index contributed by atoms with van der Waals surface area (Å²) < 4.78 is 0. The van der Waals surface area contributed by atoms with Crippen molar-refractivity contribution in [2.75, 3.05) is 13.2 Å². The first-order chi connectivity index (χ1) is 5.63. The maximum absolute atomic E-state index is 11.3. The largest absolute Gasteiger partial charge is 0.396 e. The summed E-state index contributed by atoms with van der Waals surface area (Å²) in [6.45, 7) is 6.51. The average Bonchev–Trinajstić information content (AvgIpc) is 2.01. The first kappa shape index (κ1) is 11.4. The number of aliphatic hydroxyl groups is 1. The zero-order valence-electron chi connectivity index (χ0n) is 8.13. The van der Waals surface area contributed by atoms with E-state index in [1.165, 1.54) is 0 Å². The number of carbonyl (C=O) groups is 1. The lowest BCUT2D eigenvalue weighted by atomic mass is 9.96. The van der Waals surface area contributed by atoms with E-state index in [9.17, 15) is 4.79 Å². The molecule has 0 saturated carbocycles. The molecule has 0 saturated heterocycles. The third-order valence-electron chi connectivity index (χ3n) is 1.89. The zero-order valence-corrected chi connectivity index (χ0v) is 8.13. The molecule has 0 bridgehead atoms. The van der Waals surface area contributed by atoms with Gasteiger partial charge in [-0.3, -0.25) is 4.79 Å². The number of amides is 1. The number of hydrogen-bond donors (Lipinski definition) is 2. The Morgan fingerprint density at radius 3 is 2.42 bits per heavy atom. The van der Waals surface area contributed by atoms with Crippen LogP contribution in [0.15, 0.2) is 0 Å². The summed E-state index contributed by atoms with van der Waals surface area (Å²) in [5.41, 5.74) is 0. The molecule has 3 heteroatoms. The predicted octanol–water partition coefficient (Wildman–Crippen LogP) is 0.777. The van der Waals surface area contributed by atoms with Crippen LogP contribution in [0.25, 0.3) is 0 Å². The Hall–Kier alpha value is -0.570.